The number of aliphatic hydroxyl groups is 3. The van der Waals surface area contributed by atoms with E-state index in [2.05, 4.69) is 18.4 Å². The lowest BCUT2D eigenvalue weighted by Gasteiger charge is -2.20. The summed E-state index contributed by atoms with van der Waals surface area (Å²) in [6.45, 7) is 2.23. The van der Waals surface area contributed by atoms with Crippen LogP contribution in [0.5, 0.6) is 0 Å². The monoisotopic (exact) mass is 800 g/mol. The molecule has 0 fully saturated rings. The first-order chi connectivity index (χ1) is 25.5. The van der Waals surface area contributed by atoms with Crippen LogP contribution in [-0.4, -0.2) is 82.3 Å². The number of carbonyl (C=O) groups is 2. The Morgan fingerprint density at radius 1 is 0.585 bits per heavy atom. The molecule has 0 heterocycles. The number of hydrogen-bond acceptors (Lipinski definition) is 10. The number of ether oxygens (including phenoxy) is 2. The van der Waals surface area contributed by atoms with Gasteiger partial charge in [0.1, 0.15) is 12.7 Å². The van der Waals surface area contributed by atoms with E-state index in [1.165, 1.54) is 83.5 Å². The van der Waals surface area contributed by atoms with Crippen LogP contribution in [-0.2, 0) is 32.7 Å². The summed E-state index contributed by atoms with van der Waals surface area (Å²) in [5.41, 5.74) is 0. The Kier molecular flexibility index (Phi) is 36.3. The first-order valence-electron chi connectivity index (χ1n) is 21.1. The predicted octanol–water partition coefficient (Wildman–Crippen LogP) is 9.86. The highest BCUT2D eigenvalue weighted by molar-refractivity contribution is 7.47. The Morgan fingerprint density at radius 2 is 1.00 bits per heavy atom. The number of halogens is 1. The van der Waals surface area contributed by atoms with E-state index >= 15 is 0 Å². The Balaban J connectivity index is 4.41. The largest absolute Gasteiger partial charge is 0.472 e. The SMILES string of the molecule is CCCCCCCCCCCCCCCC(=O)OCC(COP(=O)(O)OCC(O)CO)OC(=O)CCCCCCCC(Cl)C(O)CCCCCCCC. The van der Waals surface area contributed by atoms with Gasteiger partial charge in [-0.3, -0.25) is 18.6 Å². The van der Waals surface area contributed by atoms with Crippen LogP contribution in [0.1, 0.15) is 194 Å². The quantitative estimate of drug-likeness (QED) is 0.0201. The summed E-state index contributed by atoms with van der Waals surface area (Å²) >= 11 is 6.42. The minimum absolute atomic E-state index is 0.120. The van der Waals surface area contributed by atoms with Crippen LogP contribution >= 0.6 is 19.4 Å². The highest BCUT2D eigenvalue weighted by Crippen LogP contribution is 2.43. The van der Waals surface area contributed by atoms with E-state index in [9.17, 15) is 29.3 Å². The molecule has 0 bridgehead atoms. The van der Waals surface area contributed by atoms with E-state index < -0.39 is 57.9 Å². The third-order valence-electron chi connectivity index (χ3n) is 9.41. The standard InChI is InChI=1S/C40H78ClO11P/c1-3-5-7-9-11-12-13-14-15-16-17-21-25-29-39(45)49-33-36(34-51-53(47,48)50-32-35(43)31-42)52-40(46)30-26-22-18-19-23-27-37(41)38(44)28-24-20-10-8-6-4-2/h35-38,42-44H,3-34H2,1-2H3,(H,47,48). The van der Waals surface area contributed by atoms with Gasteiger partial charge in [-0.2, -0.15) is 0 Å². The molecule has 0 aliphatic heterocycles. The van der Waals surface area contributed by atoms with Crippen LogP contribution < -0.4 is 0 Å². The Hall–Kier alpha value is -0.780. The summed E-state index contributed by atoms with van der Waals surface area (Å²) in [7, 11) is -4.64. The van der Waals surface area contributed by atoms with Crippen molar-refractivity contribution in [2.24, 2.45) is 0 Å². The van der Waals surface area contributed by atoms with Gasteiger partial charge >= 0.3 is 19.8 Å². The molecule has 0 radical (unpaired) electrons. The summed E-state index contributed by atoms with van der Waals surface area (Å²) in [4.78, 5) is 35.0. The van der Waals surface area contributed by atoms with E-state index in [1.807, 2.05) is 0 Å². The van der Waals surface area contributed by atoms with Crippen molar-refractivity contribution in [3.05, 3.63) is 0 Å². The molecule has 0 saturated carbocycles. The molecule has 0 aromatic heterocycles. The fraction of sp³-hybridized carbons (Fsp3) is 0.950. The zero-order valence-corrected chi connectivity index (χ0v) is 35.1. The van der Waals surface area contributed by atoms with Crippen molar-refractivity contribution in [2.75, 3.05) is 26.4 Å². The summed E-state index contributed by atoms with van der Waals surface area (Å²) in [5.74, 6) is -0.994. The minimum atomic E-state index is -4.64. The maximum atomic E-state index is 12.6. The number of alkyl halides is 1. The smallest absolute Gasteiger partial charge is 0.462 e. The predicted molar refractivity (Wildman–Crippen MR) is 212 cm³/mol. The van der Waals surface area contributed by atoms with Crippen LogP contribution in [0.3, 0.4) is 0 Å². The Labute approximate surface area is 327 Å². The van der Waals surface area contributed by atoms with Gasteiger partial charge in [-0.1, -0.05) is 155 Å². The molecule has 316 valence electrons. The minimum Gasteiger partial charge on any atom is -0.462 e. The molecule has 11 nitrogen and oxygen atoms in total. The van der Waals surface area contributed by atoms with Gasteiger partial charge in [0.2, 0.25) is 0 Å². The van der Waals surface area contributed by atoms with E-state index in [-0.39, 0.29) is 24.8 Å². The topological polar surface area (TPSA) is 169 Å². The van der Waals surface area contributed by atoms with Crippen molar-refractivity contribution in [3.63, 3.8) is 0 Å². The van der Waals surface area contributed by atoms with Crippen LogP contribution in [0.4, 0.5) is 0 Å². The number of unbranched alkanes of at least 4 members (excludes halogenated alkanes) is 21. The van der Waals surface area contributed by atoms with E-state index in [0.29, 0.717) is 12.8 Å². The number of carbonyl (C=O) groups excluding carboxylic acids is 2. The zero-order valence-electron chi connectivity index (χ0n) is 33.4. The third-order valence-corrected chi connectivity index (χ3v) is 10.9. The van der Waals surface area contributed by atoms with Gasteiger partial charge in [-0.05, 0) is 25.7 Å². The van der Waals surface area contributed by atoms with Crippen LogP contribution in [0.2, 0.25) is 0 Å². The summed E-state index contributed by atoms with van der Waals surface area (Å²) in [5, 5.41) is 28.4. The second-order valence-corrected chi connectivity index (χ2v) is 16.6. The molecule has 5 atom stereocenters. The van der Waals surface area contributed by atoms with Crippen molar-refractivity contribution in [1.29, 1.82) is 0 Å². The van der Waals surface area contributed by atoms with Gasteiger partial charge in [-0.15, -0.1) is 11.6 Å². The van der Waals surface area contributed by atoms with E-state index in [0.717, 1.165) is 70.6 Å². The van der Waals surface area contributed by atoms with Crippen molar-refractivity contribution < 1.29 is 52.9 Å². The van der Waals surface area contributed by atoms with Crippen LogP contribution in [0.25, 0.3) is 0 Å². The lowest BCUT2D eigenvalue weighted by Crippen LogP contribution is -2.29. The molecule has 0 aliphatic carbocycles. The highest BCUT2D eigenvalue weighted by atomic mass is 35.5. The maximum absolute atomic E-state index is 12.6. The molecule has 0 spiro atoms. The fourth-order valence-electron chi connectivity index (χ4n) is 6.00. The average Bonchev–Trinajstić information content (AvgIpc) is 3.14. The molecule has 0 aromatic rings. The molecule has 0 aromatic carbocycles. The Morgan fingerprint density at radius 3 is 1.49 bits per heavy atom. The molecule has 0 amide bonds. The normalized spacial score (nSPS) is 15.1. The van der Waals surface area contributed by atoms with Crippen LogP contribution in [0.15, 0.2) is 0 Å². The van der Waals surface area contributed by atoms with E-state index in [1.54, 1.807) is 0 Å². The van der Waals surface area contributed by atoms with E-state index in [4.69, 9.17) is 30.7 Å². The molecule has 0 aliphatic rings. The van der Waals surface area contributed by atoms with Crippen molar-refractivity contribution in [1.82, 2.24) is 0 Å². The molecular weight excluding hydrogens is 723 g/mol. The lowest BCUT2D eigenvalue weighted by atomic mass is 10.0. The molecule has 0 saturated heterocycles. The first-order valence-corrected chi connectivity index (χ1v) is 23.1. The zero-order chi connectivity index (χ0) is 39.4. The summed E-state index contributed by atoms with van der Waals surface area (Å²) in [6.07, 6.45) is 25.6. The molecule has 53 heavy (non-hydrogen) atoms. The summed E-state index contributed by atoms with van der Waals surface area (Å²) < 4.78 is 32.6. The molecule has 0 rings (SSSR count). The highest BCUT2D eigenvalue weighted by Gasteiger charge is 2.27. The number of rotatable bonds is 40. The Bertz CT molecular complexity index is 897. The van der Waals surface area contributed by atoms with Gasteiger partial charge in [0.25, 0.3) is 0 Å². The maximum Gasteiger partial charge on any atom is 0.472 e. The third kappa shape index (κ3) is 35.4. The number of hydrogen-bond donors (Lipinski definition) is 4. The number of phosphoric ester groups is 1. The van der Waals surface area contributed by atoms with Gasteiger partial charge in [0, 0.05) is 12.8 Å². The molecule has 4 N–H and O–H groups in total. The van der Waals surface area contributed by atoms with Crippen molar-refractivity contribution in [2.45, 2.75) is 217 Å². The van der Waals surface area contributed by atoms with Crippen molar-refractivity contribution in [3.8, 4) is 0 Å². The fourth-order valence-corrected chi connectivity index (χ4v) is 7.07. The molecular formula is C40H78ClO11P. The number of aliphatic hydroxyl groups excluding tert-OH is 3. The number of esters is 2. The van der Waals surface area contributed by atoms with Gasteiger partial charge in [0.15, 0.2) is 6.10 Å². The average molecular weight is 801 g/mol. The molecule has 13 heteroatoms. The van der Waals surface area contributed by atoms with Crippen LogP contribution in [0, 0.1) is 0 Å². The van der Waals surface area contributed by atoms with Crippen molar-refractivity contribution >= 4 is 31.4 Å². The number of phosphoric acid groups is 1. The summed E-state index contributed by atoms with van der Waals surface area (Å²) in [6, 6.07) is 0. The van der Waals surface area contributed by atoms with Gasteiger partial charge in [0.05, 0.1) is 31.3 Å². The van der Waals surface area contributed by atoms with Gasteiger partial charge in [-0.25, -0.2) is 4.57 Å². The molecule has 5 unspecified atom stereocenters. The second kappa shape index (κ2) is 36.8. The first kappa shape index (κ1) is 52.2. The second-order valence-electron chi connectivity index (χ2n) is 14.6. The van der Waals surface area contributed by atoms with Gasteiger partial charge < -0.3 is 29.7 Å². The lowest BCUT2D eigenvalue weighted by molar-refractivity contribution is -0.161.